The van der Waals surface area contributed by atoms with Gasteiger partial charge in [-0.05, 0) is 105 Å². The molecule has 0 spiro atoms. The van der Waals surface area contributed by atoms with E-state index in [-0.39, 0.29) is 19.0 Å². The van der Waals surface area contributed by atoms with Crippen LogP contribution in [0.1, 0.15) is 81.8 Å². The maximum absolute atomic E-state index is 13.4. The van der Waals surface area contributed by atoms with Crippen LogP contribution in [0, 0.1) is 0 Å². The summed E-state index contributed by atoms with van der Waals surface area (Å²) in [5.74, 6) is 2.74. The van der Waals surface area contributed by atoms with E-state index in [1.165, 1.54) is 0 Å². The molecule has 1 aliphatic rings. The standard InChI is InChI=1S/C34H46O7/c1-38-32-24-26(14-16-30(32)40-20-9-5-3-7-18-35)22-28-12-11-13-29(34(28)37)23-27-15-17-31(33(25-27)39-2)41-21-10-6-4-8-19-36/h14-17,22-25,35-36H,3-13,18-21H2,1-2H3/b28-22-,29-23+. The fraction of sp³-hybridized carbons (Fsp3) is 0.500. The number of rotatable bonds is 18. The van der Waals surface area contributed by atoms with Crippen LogP contribution in [0.2, 0.25) is 0 Å². The first kappa shape index (κ1) is 32.2. The van der Waals surface area contributed by atoms with Crippen LogP contribution in [0.4, 0.5) is 0 Å². The molecule has 0 aliphatic heterocycles. The predicted octanol–water partition coefficient (Wildman–Crippen LogP) is 6.79. The maximum atomic E-state index is 13.4. The van der Waals surface area contributed by atoms with Crippen LogP contribution in [0.25, 0.3) is 12.2 Å². The van der Waals surface area contributed by atoms with Crippen LogP contribution in [-0.4, -0.2) is 56.6 Å². The minimum Gasteiger partial charge on any atom is -0.493 e. The van der Waals surface area contributed by atoms with Crippen molar-refractivity contribution in [3.63, 3.8) is 0 Å². The van der Waals surface area contributed by atoms with Gasteiger partial charge in [0.15, 0.2) is 28.8 Å². The summed E-state index contributed by atoms with van der Waals surface area (Å²) in [6.45, 7) is 1.66. The molecular formula is C34H46O7. The van der Waals surface area contributed by atoms with Crippen molar-refractivity contribution in [3.05, 3.63) is 58.7 Å². The van der Waals surface area contributed by atoms with Crippen LogP contribution in [0.5, 0.6) is 23.0 Å². The Morgan fingerprint density at radius 2 is 1.07 bits per heavy atom. The summed E-state index contributed by atoms with van der Waals surface area (Å²) >= 11 is 0. The highest BCUT2D eigenvalue weighted by molar-refractivity contribution is 6.14. The van der Waals surface area contributed by atoms with Crippen LogP contribution in [-0.2, 0) is 4.79 Å². The van der Waals surface area contributed by atoms with Crippen LogP contribution >= 0.6 is 0 Å². The first-order valence-electron chi connectivity index (χ1n) is 14.9. The second-order valence-corrected chi connectivity index (χ2v) is 10.3. The molecule has 41 heavy (non-hydrogen) atoms. The summed E-state index contributed by atoms with van der Waals surface area (Å²) < 4.78 is 23.0. The van der Waals surface area contributed by atoms with E-state index in [2.05, 4.69) is 0 Å². The highest BCUT2D eigenvalue weighted by Crippen LogP contribution is 2.34. The van der Waals surface area contributed by atoms with Gasteiger partial charge in [-0.3, -0.25) is 4.79 Å². The van der Waals surface area contributed by atoms with Gasteiger partial charge in [-0.2, -0.15) is 0 Å². The highest BCUT2D eigenvalue weighted by atomic mass is 16.5. The van der Waals surface area contributed by atoms with Crippen molar-refractivity contribution >= 4 is 17.9 Å². The van der Waals surface area contributed by atoms with Crippen molar-refractivity contribution in [2.45, 2.75) is 70.6 Å². The number of aliphatic hydroxyl groups excluding tert-OH is 2. The number of methoxy groups -OCH3 is 2. The molecule has 3 rings (SSSR count). The van der Waals surface area contributed by atoms with Gasteiger partial charge in [0.1, 0.15) is 0 Å². The Morgan fingerprint density at radius 3 is 1.49 bits per heavy atom. The number of ketones is 1. The Bertz CT molecular complexity index is 1060. The SMILES string of the molecule is COc1cc(/C=C2/CCC/C(=C\c3ccc(OCCCCCCO)c(OC)c3)C2=O)ccc1OCCCCCCO. The average molecular weight is 567 g/mol. The van der Waals surface area contributed by atoms with Crippen molar-refractivity contribution < 1.29 is 34.0 Å². The van der Waals surface area contributed by atoms with Crippen molar-refractivity contribution in [2.24, 2.45) is 0 Å². The van der Waals surface area contributed by atoms with Crippen molar-refractivity contribution in [3.8, 4) is 23.0 Å². The Morgan fingerprint density at radius 1 is 0.634 bits per heavy atom. The van der Waals surface area contributed by atoms with E-state index in [4.69, 9.17) is 29.2 Å². The van der Waals surface area contributed by atoms with Crippen molar-refractivity contribution in [2.75, 3.05) is 40.6 Å². The molecule has 1 fully saturated rings. The van der Waals surface area contributed by atoms with Gasteiger partial charge < -0.3 is 29.2 Å². The number of aliphatic hydroxyl groups is 2. The van der Waals surface area contributed by atoms with E-state index in [9.17, 15) is 4.79 Å². The highest BCUT2D eigenvalue weighted by Gasteiger charge is 2.21. The lowest BCUT2D eigenvalue weighted by Gasteiger charge is -2.17. The van der Waals surface area contributed by atoms with Crippen LogP contribution < -0.4 is 18.9 Å². The van der Waals surface area contributed by atoms with Gasteiger partial charge in [0.05, 0.1) is 27.4 Å². The van der Waals surface area contributed by atoms with Crippen LogP contribution in [0.15, 0.2) is 47.5 Å². The normalized spacial score (nSPS) is 15.4. The average Bonchev–Trinajstić information content (AvgIpc) is 2.99. The van der Waals surface area contributed by atoms with Crippen molar-refractivity contribution in [1.82, 2.24) is 0 Å². The number of hydrogen-bond acceptors (Lipinski definition) is 7. The number of unbranched alkanes of at least 4 members (excludes halogenated alkanes) is 6. The number of allylic oxidation sites excluding steroid dienone is 2. The van der Waals surface area contributed by atoms with E-state index in [1.807, 2.05) is 48.6 Å². The zero-order chi connectivity index (χ0) is 29.3. The van der Waals surface area contributed by atoms with E-state index in [1.54, 1.807) is 14.2 Å². The van der Waals surface area contributed by atoms with Gasteiger partial charge in [0, 0.05) is 24.4 Å². The number of ether oxygens (including phenoxy) is 4. The molecule has 7 heteroatoms. The Hall–Kier alpha value is -3.29. The second-order valence-electron chi connectivity index (χ2n) is 10.3. The number of hydrogen-bond donors (Lipinski definition) is 2. The zero-order valence-corrected chi connectivity index (χ0v) is 24.7. The quantitative estimate of drug-likeness (QED) is 0.152. The number of benzene rings is 2. The Labute approximate surface area is 244 Å². The van der Waals surface area contributed by atoms with E-state index >= 15 is 0 Å². The fourth-order valence-corrected chi connectivity index (χ4v) is 4.87. The fourth-order valence-electron chi connectivity index (χ4n) is 4.87. The summed E-state index contributed by atoms with van der Waals surface area (Å²) in [7, 11) is 3.24. The largest absolute Gasteiger partial charge is 0.493 e. The molecule has 0 unspecified atom stereocenters. The summed E-state index contributed by atoms with van der Waals surface area (Å²) in [5.41, 5.74) is 3.38. The summed E-state index contributed by atoms with van der Waals surface area (Å²) in [5, 5.41) is 17.8. The molecule has 2 aromatic carbocycles. The molecule has 1 saturated carbocycles. The minimum absolute atomic E-state index is 0.0700. The summed E-state index contributed by atoms with van der Waals surface area (Å²) in [4.78, 5) is 13.4. The first-order valence-corrected chi connectivity index (χ1v) is 14.9. The molecule has 2 N–H and O–H groups in total. The predicted molar refractivity (Wildman–Crippen MR) is 163 cm³/mol. The molecule has 0 heterocycles. The lowest BCUT2D eigenvalue weighted by molar-refractivity contribution is -0.112. The molecule has 0 aromatic heterocycles. The monoisotopic (exact) mass is 566 g/mol. The molecule has 7 nitrogen and oxygen atoms in total. The topological polar surface area (TPSA) is 94.5 Å². The van der Waals surface area contributed by atoms with E-state index < -0.39 is 0 Å². The molecule has 224 valence electrons. The maximum Gasteiger partial charge on any atom is 0.185 e. The van der Waals surface area contributed by atoms with Gasteiger partial charge in [0.2, 0.25) is 0 Å². The smallest absolute Gasteiger partial charge is 0.185 e. The van der Waals surface area contributed by atoms with Crippen LogP contribution in [0.3, 0.4) is 0 Å². The molecule has 2 aromatic rings. The zero-order valence-electron chi connectivity index (χ0n) is 24.7. The van der Waals surface area contributed by atoms with Crippen molar-refractivity contribution in [1.29, 1.82) is 0 Å². The molecule has 1 aliphatic carbocycles. The third kappa shape index (κ3) is 10.6. The number of Topliss-reactive ketones (excluding diaryl/α,β-unsaturated/α-hetero) is 1. The molecule has 0 bridgehead atoms. The third-order valence-corrected chi connectivity index (χ3v) is 7.15. The van der Waals surface area contributed by atoms with E-state index in [0.717, 1.165) is 92.9 Å². The van der Waals surface area contributed by atoms with Gasteiger partial charge >= 0.3 is 0 Å². The molecule has 0 atom stereocenters. The van der Waals surface area contributed by atoms with Gasteiger partial charge in [-0.25, -0.2) is 0 Å². The second kappa shape index (κ2) is 18.2. The molecule has 0 amide bonds. The van der Waals surface area contributed by atoms with Gasteiger partial charge in [0.25, 0.3) is 0 Å². The first-order chi connectivity index (χ1) is 20.1. The summed E-state index contributed by atoms with van der Waals surface area (Å²) in [6, 6.07) is 11.5. The minimum atomic E-state index is 0.0700. The van der Waals surface area contributed by atoms with E-state index in [0.29, 0.717) is 36.2 Å². The molecule has 0 saturated heterocycles. The Balaban J connectivity index is 1.64. The number of carbonyl (C=O) groups is 1. The lowest BCUT2D eigenvalue weighted by Crippen LogP contribution is -2.12. The third-order valence-electron chi connectivity index (χ3n) is 7.15. The number of carbonyl (C=O) groups excluding carboxylic acids is 1. The molecular weight excluding hydrogens is 520 g/mol. The van der Waals surface area contributed by atoms with Gasteiger partial charge in [-0.15, -0.1) is 0 Å². The van der Waals surface area contributed by atoms with Gasteiger partial charge in [-0.1, -0.05) is 25.0 Å². The lowest BCUT2D eigenvalue weighted by atomic mass is 9.87. The molecule has 0 radical (unpaired) electrons. The summed E-state index contributed by atoms with van der Waals surface area (Å²) in [6.07, 6.45) is 13.8. The Kier molecular flexibility index (Phi) is 14.3.